The lowest BCUT2D eigenvalue weighted by Crippen LogP contribution is -2.55. The first-order valence-corrected chi connectivity index (χ1v) is 7.68. The fraction of sp³-hybridized carbons (Fsp3) is 0.467. The van der Waals surface area contributed by atoms with Gasteiger partial charge in [0, 0.05) is 48.2 Å². The average molecular weight is 305 g/mol. The molecule has 0 spiro atoms. The summed E-state index contributed by atoms with van der Waals surface area (Å²) in [6.45, 7) is 3.42. The number of H-pyrrole nitrogens is 1. The summed E-state index contributed by atoms with van der Waals surface area (Å²) in [6.07, 6.45) is 4.03. The zero-order valence-electron chi connectivity index (χ0n) is 11.8. The molecule has 6 heteroatoms. The molecule has 21 heavy (non-hydrogen) atoms. The second kappa shape index (κ2) is 4.63. The number of carbonyl (C=O) groups excluding carboxylic acids is 1. The number of fused-ring (bicyclic) bond motifs is 3. The number of rotatable bonds is 1. The van der Waals surface area contributed by atoms with Crippen LogP contribution < -0.4 is 4.90 Å². The summed E-state index contributed by atoms with van der Waals surface area (Å²) in [4.78, 5) is 16.2. The maximum Gasteiger partial charge on any atom is 0.220 e. The number of benzene rings is 1. The topological polar surface area (TPSA) is 52.2 Å². The van der Waals surface area contributed by atoms with Gasteiger partial charge in [0.25, 0.3) is 0 Å². The maximum atomic E-state index is 11.8. The van der Waals surface area contributed by atoms with Crippen molar-refractivity contribution in [2.75, 3.05) is 18.0 Å². The maximum absolute atomic E-state index is 11.8. The van der Waals surface area contributed by atoms with Crippen LogP contribution in [-0.2, 0) is 4.79 Å². The van der Waals surface area contributed by atoms with Gasteiger partial charge in [-0.05, 0) is 25.0 Å². The zero-order valence-corrected chi connectivity index (χ0v) is 12.6. The Morgan fingerprint density at radius 2 is 2.05 bits per heavy atom. The van der Waals surface area contributed by atoms with Crippen LogP contribution in [0.1, 0.15) is 19.8 Å². The van der Waals surface area contributed by atoms with Gasteiger partial charge < -0.3 is 9.80 Å². The fourth-order valence-corrected chi connectivity index (χ4v) is 4.09. The summed E-state index contributed by atoms with van der Waals surface area (Å²) >= 11 is 6.23. The monoisotopic (exact) mass is 304 g/mol. The van der Waals surface area contributed by atoms with Gasteiger partial charge in [-0.25, -0.2) is 0 Å². The van der Waals surface area contributed by atoms with Crippen LogP contribution in [-0.4, -0.2) is 46.2 Å². The number of hydrogen-bond donors (Lipinski definition) is 1. The Morgan fingerprint density at radius 1 is 1.33 bits per heavy atom. The van der Waals surface area contributed by atoms with Crippen LogP contribution in [0.5, 0.6) is 0 Å². The van der Waals surface area contributed by atoms with E-state index in [1.54, 1.807) is 6.92 Å². The SMILES string of the molecule is CC(=O)N1C2CCC1CN(c1cc(Cl)cc3[nH]ncc13)C2. The number of carbonyl (C=O) groups is 1. The van der Waals surface area contributed by atoms with E-state index in [-0.39, 0.29) is 5.91 Å². The molecule has 0 radical (unpaired) electrons. The van der Waals surface area contributed by atoms with Crippen LogP contribution in [0.15, 0.2) is 18.3 Å². The van der Waals surface area contributed by atoms with Crippen molar-refractivity contribution in [1.29, 1.82) is 0 Å². The number of aromatic nitrogens is 2. The number of hydrogen-bond acceptors (Lipinski definition) is 3. The van der Waals surface area contributed by atoms with Crippen molar-refractivity contribution in [3.63, 3.8) is 0 Å². The van der Waals surface area contributed by atoms with Crippen LogP contribution in [0.3, 0.4) is 0 Å². The molecule has 2 unspecified atom stereocenters. The van der Waals surface area contributed by atoms with Crippen LogP contribution in [0.25, 0.3) is 10.9 Å². The summed E-state index contributed by atoms with van der Waals surface area (Å²) in [5.74, 6) is 0.196. The highest BCUT2D eigenvalue weighted by Gasteiger charge is 2.41. The predicted octanol–water partition coefficient (Wildman–Crippen LogP) is 2.42. The van der Waals surface area contributed by atoms with Crippen molar-refractivity contribution in [3.8, 4) is 0 Å². The Hall–Kier alpha value is -1.75. The van der Waals surface area contributed by atoms with Gasteiger partial charge in [-0.2, -0.15) is 5.10 Å². The van der Waals surface area contributed by atoms with E-state index in [1.807, 2.05) is 18.3 Å². The Labute approximate surface area is 127 Å². The van der Waals surface area contributed by atoms with Gasteiger partial charge >= 0.3 is 0 Å². The van der Waals surface area contributed by atoms with Crippen molar-refractivity contribution in [2.45, 2.75) is 31.8 Å². The third-order valence-corrected chi connectivity index (χ3v) is 4.91. The summed E-state index contributed by atoms with van der Waals surface area (Å²) in [5.41, 5.74) is 2.07. The molecule has 2 atom stereocenters. The number of piperazine rings is 1. The number of nitrogens with zero attached hydrogens (tertiary/aromatic N) is 3. The third-order valence-electron chi connectivity index (χ3n) is 4.69. The van der Waals surface area contributed by atoms with Gasteiger partial charge in [0.1, 0.15) is 0 Å². The largest absolute Gasteiger partial charge is 0.367 e. The van der Waals surface area contributed by atoms with Crippen molar-refractivity contribution in [2.24, 2.45) is 0 Å². The molecule has 1 aromatic carbocycles. The number of nitrogens with one attached hydrogen (secondary N) is 1. The van der Waals surface area contributed by atoms with Gasteiger partial charge in [0.2, 0.25) is 5.91 Å². The smallest absolute Gasteiger partial charge is 0.220 e. The molecule has 0 aliphatic carbocycles. The van der Waals surface area contributed by atoms with E-state index >= 15 is 0 Å². The average Bonchev–Trinajstić information content (AvgIpc) is 3.00. The van der Waals surface area contributed by atoms with Crippen molar-refractivity contribution in [1.82, 2.24) is 15.1 Å². The first kappa shape index (κ1) is 13.0. The molecule has 2 bridgehead atoms. The normalized spacial score (nSPS) is 24.9. The molecule has 2 aromatic rings. The van der Waals surface area contributed by atoms with Gasteiger partial charge in [0.05, 0.1) is 11.7 Å². The van der Waals surface area contributed by atoms with Crippen molar-refractivity contribution in [3.05, 3.63) is 23.4 Å². The molecule has 4 rings (SSSR count). The first-order valence-electron chi connectivity index (χ1n) is 7.30. The number of halogens is 1. The predicted molar refractivity (Wildman–Crippen MR) is 82.6 cm³/mol. The lowest BCUT2D eigenvalue weighted by molar-refractivity contribution is -0.132. The molecule has 1 aromatic heterocycles. The molecule has 1 amide bonds. The van der Waals surface area contributed by atoms with Crippen LogP contribution in [0, 0.1) is 0 Å². The molecule has 0 saturated carbocycles. The van der Waals surface area contributed by atoms with E-state index in [0.29, 0.717) is 17.1 Å². The highest BCUT2D eigenvalue weighted by Crippen LogP contribution is 2.36. The minimum atomic E-state index is 0.196. The Balaban J connectivity index is 1.72. The minimum Gasteiger partial charge on any atom is -0.367 e. The minimum absolute atomic E-state index is 0.196. The van der Waals surface area contributed by atoms with E-state index in [4.69, 9.17) is 11.6 Å². The molecule has 3 heterocycles. The zero-order chi connectivity index (χ0) is 14.6. The summed E-state index contributed by atoms with van der Waals surface area (Å²) in [5, 5.41) is 8.90. The van der Waals surface area contributed by atoms with Gasteiger partial charge in [-0.1, -0.05) is 11.6 Å². The van der Waals surface area contributed by atoms with E-state index < -0.39 is 0 Å². The van der Waals surface area contributed by atoms with Crippen molar-refractivity contribution < 1.29 is 4.79 Å². The second-order valence-electron chi connectivity index (χ2n) is 5.97. The number of anilines is 1. The molecular formula is C15H17ClN4O. The molecule has 110 valence electrons. The van der Waals surface area contributed by atoms with Crippen molar-refractivity contribution >= 4 is 34.1 Å². The first-order chi connectivity index (χ1) is 10.1. The molecule has 2 aliphatic rings. The Bertz CT molecular complexity index is 699. The number of aromatic amines is 1. The molecule has 1 N–H and O–H groups in total. The lowest BCUT2D eigenvalue weighted by Gasteiger charge is -2.42. The summed E-state index contributed by atoms with van der Waals surface area (Å²) in [6, 6.07) is 4.54. The number of amides is 1. The van der Waals surface area contributed by atoms with E-state index in [9.17, 15) is 4.79 Å². The fourth-order valence-electron chi connectivity index (χ4n) is 3.87. The molecule has 5 nitrogen and oxygen atoms in total. The summed E-state index contributed by atoms with van der Waals surface area (Å²) in [7, 11) is 0. The van der Waals surface area contributed by atoms with Crippen LogP contribution in [0.2, 0.25) is 5.02 Å². The summed E-state index contributed by atoms with van der Waals surface area (Å²) < 4.78 is 0. The van der Waals surface area contributed by atoms with Gasteiger partial charge in [0.15, 0.2) is 0 Å². The standard InChI is InChI=1S/C15H17ClN4O/c1-9(21)20-11-2-3-12(20)8-19(7-11)15-5-10(16)4-14-13(15)6-17-18-14/h4-6,11-12H,2-3,7-8H2,1H3,(H,17,18). The Morgan fingerprint density at radius 3 is 2.71 bits per heavy atom. The highest BCUT2D eigenvalue weighted by atomic mass is 35.5. The molecule has 2 aliphatic heterocycles. The quantitative estimate of drug-likeness (QED) is 0.880. The third kappa shape index (κ3) is 1.99. The van der Waals surface area contributed by atoms with E-state index in [2.05, 4.69) is 20.0 Å². The highest BCUT2D eigenvalue weighted by molar-refractivity contribution is 6.31. The van der Waals surface area contributed by atoms with E-state index in [1.165, 1.54) is 0 Å². The van der Waals surface area contributed by atoms with E-state index in [0.717, 1.165) is 42.5 Å². The molecule has 2 saturated heterocycles. The van der Waals surface area contributed by atoms with Crippen LogP contribution in [0.4, 0.5) is 5.69 Å². The molecular weight excluding hydrogens is 288 g/mol. The second-order valence-corrected chi connectivity index (χ2v) is 6.41. The van der Waals surface area contributed by atoms with Crippen LogP contribution >= 0.6 is 11.6 Å². The Kier molecular flexibility index (Phi) is 2.85. The lowest BCUT2D eigenvalue weighted by atomic mass is 10.1. The molecule has 2 fully saturated rings. The van der Waals surface area contributed by atoms with Gasteiger partial charge in [-0.15, -0.1) is 0 Å². The van der Waals surface area contributed by atoms with Gasteiger partial charge in [-0.3, -0.25) is 9.89 Å².